The molecule has 0 aliphatic heterocycles. The van der Waals surface area contributed by atoms with Gasteiger partial charge in [0.25, 0.3) is 5.91 Å². The Morgan fingerprint density at radius 2 is 2.10 bits per heavy atom. The maximum atomic E-state index is 11.9. The predicted octanol–water partition coefficient (Wildman–Crippen LogP) is 0.886. The first-order valence-corrected chi connectivity index (χ1v) is 6.17. The Labute approximate surface area is 115 Å². The molecule has 0 fully saturated rings. The second-order valence-electron chi connectivity index (χ2n) is 4.19. The molecule has 104 valence electrons. The van der Waals surface area contributed by atoms with Crippen molar-refractivity contribution in [3.05, 3.63) is 36.2 Å². The van der Waals surface area contributed by atoms with Gasteiger partial charge in [-0.1, -0.05) is 17.3 Å². The number of hydrogen-bond acceptors (Lipinski definition) is 5. The maximum Gasteiger partial charge on any atom is 0.271 e. The molecule has 2 rings (SSSR count). The van der Waals surface area contributed by atoms with Gasteiger partial charge in [-0.15, -0.1) is 0 Å². The molecular weight excluding hydrogens is 258 g/mol. The normalized spacial score (nSPS) is 11.5. The second-order valence-corrected chi connectivity index (χ2v) is 4.19. The van der Waals surface area contributed by atoms with E-state index in [1.54, 1.807) is 6.07 Å². The molecule has 1 heterocycles. The number of fused-ring (bicyclic) bond motifs is 1. The van der Waals surface area contributed by atoms with Gasteiger partial charge in [0.1, 0.15) is 11.5 Å². The van der Waals surface area contributed by atoms with Gasteiger partial charge < -0.3 is 16.3 Å². The minimum atomic E-state index is -0.289. The molecule has 0 saturated carbocycles. The van der Waals surface area contributed by atoms with E-state index < -0.39 is 0 Å². The van der Waals surface area contributed by atoms with E-state index in [1.165, 1.54) is 6.20 Å². The third-order valence-electron chi connectivity index (χ3n) is 2.70. The number of rotatable bonds is 5. The Hall–Kier alpha value is -2.70. The minimum Gasteiger partial charge on any atom is -0.409 e. The van der Waals surface area contributed by atoms with Crippen molar-refractivity contribution in [2.24, 2.45) is 10.9 Å². The lowest BCUT2D eigenvalue weighted by Gasteiger charge is -2.04. The number of carbonyl (C=O) groups excluding carboxylic acids is 1. The third-order valence-corrected chi connectivity index (χ3v) is 2.70. The fraction of sp³-hybridized carbons (Fsp3) is 0.231. The molecule has 20 heavy (non-hydrogen) atoms. The van der Waals surface area contributed by atoms with Crippen LogP contribution in [0, 0.1) is 0 Å². The van der Waals surface area contributed by atoms with Crippen molar-refractivity contribution in [1.82, 2.24) is 15.3 Å². The van der Waals surface area contributed by atoms with E-state index in [4.69, 9.17) is 10.9 Å². The molecule has 0 aliphatic rings. The summed E-state index contributed by atoms with van der Waals surface area (Å²) in [5, 5.41) is 13.9. The lowest BCUT2D eigenvalue weighted by atomic mass is 10.2. The number of aromatic nitrogens is 2. The summed E-state index contributed by atoms with van der Waals surface area (Å²) in [5.41, 5.74) is 7.02. The van der Waals surface area contributed by atoms with Crippen LogP contribution in [0.15, 0.2) is 35.6 Å². The van der Waals surface area contributed by atoms with Gasteiger partial charge in [0.15, 0.2) is 0 Å². The first-order valence-electron chi connectivity index (χ1n) is 6.17. The highest BCUT2D eigenvalue weighted by Gasteiger charge is 2.08. The van der Waals surface area contributed by atoms with Crippen LogP contribution in [0.1, 0.15) is 23.3 Å². The van der Waals surface area contributed by atoms with Crippen molar-refractivity contribution in [3.8, 4) is 0 Å². The van der Waals surface area contributed by atoms with Gasteiger partial charge in [-0.25, -0.2) is 4.98 Å². The van der Waals surface area contributed by atoms with Gasteiger partial charge in [0.2, 0.25) is 0 Å². The summed E-state index contributed by atoms with van der Waals surface area (Å²) in [6, 6.07) is 7.35. The van der Waals surface area contributed by atoms with Crippen molar-refractivity contribution >= 4 is 22.8 Å². The van der Waals surface area contributed by atoms with Gasteiger partial charge in [0.05, 0.1) is 17.2 Å². The summed E-state index contributed by atoms with van der Waals surface area (Å²) >= 11 is 0. The summed E-state index contributed by atoms with van der Waals surface area (Å²) in [7, 11) is 0. The molecule has 2 aromatic rings. The van der Waals surface area contributed by atoms with Crippen molar-refractivity contribution in [3.63, 3.8) is 0 Å². The van der Waals surface area contributed by atoms with Crippen LogP contribution in [-0.4, -0.2) is 33.5 Å². The van der Waals surface area contributed by atoms with Crippen LogP contribution < -0.4 is 11.1 Å². The molecule has 1 amide bonds. The van der Waals surface area contributed by atoms with Crippen LogP contribution in [0.25, 0.3) is 11.0 Å². The average Bonchev–Trinajstić information content (AvgIpc) is 2.50. The Morgan fingerprint density at radius 3 is 2.85 bits per heavy atom. The van der Waals surface area contributed by atoms with Gasteiger partial charge in [-0.2, -0.15) is 0 Å². The Kier molecular flexibility index (Phi) is 4.43. The van der Waals surface area contributed by atoms with E-state index in [0.717, 1.165) is 5.52 Å². The molecule has 0 saturated heterocycles. The molecular formula is C13H15N5O2. The molecule has 0 radical (unpaired) electrons. The first-order chi connectivity index (χ1) is 9.70. The smallest absolute Gasteiger partial charge is 0.271 e. The molecule has 0 spiro atoms. The second kappa shape index (κ2) is 6.46. The fourth-order valence-electron chi connectivity index (χ4n) is 1.68. The topological polar surface area (TPSA) is 113 Å². The first kappa shape index (κ1) is 13.7. The zero-order valence-electron chi connectivity index (χ0n) is 10.8. The van der Waals surface area contributed by atoms with Crippen molar-refractivity contribution in [1.29, 1.82) is 0 Å². The third kappa shape index (κ3) is 3.41. The average molecular weight is 273 g/mol. The summed E-state index contributed by atoms with van der Waals surface area (Å²) < 4.78 is 0. The van der Waals surface area contributed by atoms with E-state index in [1.807, 2.05) is 18.2 Å². The molecule has 7 heteroatoms. The molecule has 0 bridgehead atoms. The van der Waals surface area contributed by atoms with E-state index in [0.29, 0.717) is 24.9 Å². The Balaban J connectivity index is 1.94. The van der Waals surface area contributed by atoms with E-state index in [-0.39, 0.29) is 17.4 Å². The molecule has 1 aromatic carbocycles. The zero-order valence-corrected chi connectivity index (χ0v) is 10.8. The fourth-order valence-corrected chi connectivity index (χ4v) is 1.68. The van der Waals surface area contributed by atoms with Crippen LogP contribution in [-0.2, 0) is 0 Å². The Bertz CT molecular complexity index is 641. The number of amidine groups is 1. The van der Waals surface area contributed by atoms with Crippen molar-refractivity contribution in [2.75, 3.05) is 6.54 Å². The van der Waals surface area contributed by atoms with Gasteiger partial charge in [-0.05, 0) is 18.6 Å². The molecule has 7 nitrogen and oxygen atoms in total. The van der Waals surface area contributed by atoms with Crippen molar-refractivity contribution in [2.45, 2.75) is 12.8 Å². The highest BCUT2D eigenvalue weighted by Crippen LogP contribution is 2.08. The largest absolute Gasteiger partial charge is 0.409 e. The molecule has 0 unspecified atom stereocenters. The predicted molar refractivity (Wildman–Crippen MR) is 74.5 cm³/mol. The van der Waals surface area contributed by atoms with E-state index >= 15 is 0 Å². The van der Waals surface area contributed by atoms with E-state index in [9.17, 15) is 4.79 Å². The van der Waals surface area contributed by atoms with Gasteiger partial charge in [-0.3, -0.25) is 9.78 Å². The summed E-state index contributed by atoms with van der Waals surface area (Å²) in [5.74, 6) is -0.146. The zero-order chi connectivity index (χ0) is 14.4. The highest BCUT2D eigenvalue weighted by molar-refractivity contribution is 5.93. The monoisotopic (exact) mass is 273 g/mol. The van der Waals surface area contributed by atoms with Crippen LogP contribution in [0.5, 0.6) is 0 Å². The number of carbonyl (C=O) groups is 1. The summed E-state index contributed by atoms with van der Waals surface area (Å²) in [6.45, 7) is 0.420. The molecule has 0 atom stereocenters. The van der Waals surface area contributed by atoms with Gasteiger partial charge >= 0.3 is 0 Å². The number of amides is 1. The SMILES string of the molecule is N/C(CCCNC(=O)c1cnc2ccccc2n1)=N/O. The van der Waals surface area contributed by atoms with Gasteiger partial charge in [0, 0.05) is 13.0 Å². The van der Waals surface area contributed by atoms with Crippen LogP contribution in [0.4, 0.5) is 0 Å². The number of nitrogens with zero attached hydrogens (tertiary/aromatic N) is 3. The number of benzene rings is 1. The van der Waals surface area contributed by atoms with Crippen molar-refractivity contribution < 1.29 is 10.0 Å². The number of oxime groups is 1. The maximum absolute atomic E-state index is 11.9. The lowest BCUT2D eigenvalue weighted by molar-refractivity contribution is 0.0948. The lowest BCUT2D eigenvalue weighted by Crippen LogP contribution is -2.26. The number of nitrogens with one attached hydrogen (secondary N) is 1. The van der Waals surface area contributed by atoms with Crippen LogP contribution >= 0.6 is 0 Å². The number of nitrogens with two attached hydrogens (primary N) is 1. The minimum absolute atomic E-state index is 0.143. The standard InChI is InChI=1S/C13H15N5O2/c14-12(18-20)6-3-7-15-13(19)11-8-16-9-4-1-2-5-10(9)17-11/h1-2,4-5,8,20H,3,6-7H2,(H2,14,18)(H,15,19). The highest BCUT2D eigenvalue weighted by atomic mass is 16.4. The van der Waals surface area contributed by atoms with E-state index in [2.05, 4.69) is 20.4 Å². The summed E-state index contributed by atoms with van der Waals surface area (Å²) in [6.07, 6.45) is 2.45. The molecule has 0 aliphatic carbocycles. The Morgan fingerprint density at radius 1 is 1.35 bits per heavy atom. The number of hydrogen-bond donors (Lipinski definition) is 3. The molecule has 4 N–H and O–H groups in total. The van der Waals surface area contributed by atoms with Crippen LogP contribution in [0.2, 0.25) is 0 Å². The molecule has 1 aromatic heterocycles. The van der Waals surface area contributed by atoms with Crippen LogP contribution in [0.3, 0.4) is 0 Å². The number of para-hydroxylation sites is 2. The quantitative estimate of drug-likeness (QED) is 0.246. The summed E-state index contributed by atoms with van der Waals surface area (Å²) in [4.78, 5) is 20.3.